The van der Waals surface area contributed by atoms with Gasteiger partial charge < -0.3 is 9.64 Å². The van der Waals surface area contributed by atoms with Gasteiger partial charge in [-0.1, -0.05) is 0 Å². The third kappa shape index (κ3) is 5.02. The van der Waals surface area contributed by atoms with Gasteiger partial charge in [0.1, 0.15) is 24.0 Å². The van der Waals surface area contributed by atoms with Crippen molar-refractivity contribution in [3.63, 3.8) is 0 Å². The van der Waals surface area contributed by atoms with Crippen molar-refractivity contribution in [2.45, 2.75) is 6.42 Å². The van der Waals surface area contributed by atoms with Gasteiger partial charge >= 0.3 is 0 Å². The number of hydrogen-bond donors (Lipinski definition) is 0. The minimum atomic E-state index is -0.343. The molecule has 1 amide bonds. The van der Waals surface area contributed by atoms with Gasteiger partial charge in [-0.2, -0.15) is 0 Å². The number of carbonyl (C=O) groups excluding carboxylic acids is 1. The highest BCUT2D eigenvalue weighted by Gasteiger charge is 2.20. The van der Waals surface area contributed by atoms with E-state index < -0.39 is 0 Å². The molecule has 0 atom stereocenters. The van der Waals surface area contributed by atoms with Crippen molar-refractivity contribution in [3.05, 3.63) is 65.7 Å². The molecule has 1 saturated heterocycles. The van der Waals surface area contributed by atoms with Crippen molar-refractivity contribution < 1.29 is 18.3 Å². The van der Waals surface area contributed by atoms with Crippen LogP contribution in [0.5, 0.6) is 5.75 Å². The van der Waals surface area contributed by atoms with Crippen molar-refractivity contribution >= 4 is 5.91 Å². The third-order valence-corrected chi connectivity index (χ3v) is 4.46. The highest BCUT2D eigenvalue weighted by atomic mass is 19.1. The predicted octanol–water partition coefficient (Wildman–Crippen LogP) is 3.19. The molecule has 138 valence electrons. The van der Waals surface area contributed by atoms with Gasteiger partial charge in [-0.25, -0.2) is 8.78 Å². The molecule has 2 aromatic carbocycles. The maximum Gasteiger partial charge on any atom is 0.253 e. The molecule has 6 heteroatoms. The SMILES string of the molecule is O=C(c1ccc(F)cc1)N1CCCN(CCOc2ccc(F)cc2)CC1. The Morgan fingerprint density at radius 2 is 1.54 bits per heavy atom. The summed E-state index contributed by atoms with van der Waals surface area (Å²) in [5, 5.41) is 0. The van der Waals surface area contributed by atoms with Gasteiger partial charge in [-0.15, -0.1) is 0 Å². The molecule has 1 aliphatic rings. The van der Waals surface area contributed by atoms with Gasteiger partial charge in [-0.05, 0) is 55.0 Å². The Labute approximate surface area is 152 Å². The van der Waals surface area contributed by atoms with E-state index in [1.54, 1.807) is 12.1 Å². The van der Waals surface area contributed by atoms with Crippen LogP contribution in [0.25, 0.3) is 0 Å². The number of amides is 1. The molecular formula is C20H22F2N2O2. The number of halogens is 2. The summed E-state index contributed by atoms with van der Waals surface area (Å²) in [5.41, 5.74) is 0.513. The maximum atomic E-state index is 13.0. The molecular weight excluding hydrogens is 338 g/mol. The van der Waals surface area contributed by atoms with Crippen molar-refractivity contribution in [1.82, 2.24) is 9.80 Å². The lowest BCUT2D eigenvalue weighted by Gasteiger charge is -2.22. The van der Waals surface area contributed by atoms with Gasteiger partial charge in [0.25, 0.3) is 5.91 Å². The molecule has 0 bridgehead atoms. The quantitative estimate of drug-likeness (QED) is 0.821. The zero-order valence-corrected chi connectivity index (χ0v) is 14.5. The Morgan fingerprint density at radius 3 is 2.23 bits per heavy atom. The second-order valence-corrected chi connectivity index (χ2v) is 6.30. The Morgan fingerprint density at radius 1 is 0.885 bits per heavy atom. The minimum absolute atomic E-state index is 0.0607. The normalized spacial score (nSPS) is 15.5. The summed E-state index contributed by atoms with van der Waals surface area (Å²) in [5.74, 6) is -0.0377. The fourth-order valence-electron chi connectivity index (χ4n) is 3.00. The molecule has 2 aromatic rings. The summed E-state index contributed by atoms with van der Waals surface area (Å²) in [7, 11) is 0. The molecule has 3 rings (SSSR count). The van der Waals surface area contributed by atoms with E-state index in [2.05, 4.69) is 4.90 Å². The van der Waals surface area contributed by atoms with Gasteiger partial charge in [0, 0.05) is 38.3 Å². The van der Waals surface area contributed by atoms with Crippen LogP contribution in [0.3, 0.4) is 0 Å². The van der Waals surface area contributed by atoms with E-state index in [4.69, 9.17) is 4.74 Å². The van der Waals surface area contributed by atoms with E-state index in [0.717, 1.165) is 26.1 Å². The van der Waals surface area contributed by atoms with E-state index in [1.807, 2.05) is 4.90 Å². The van der Waals surface area contributed by atoms with Gasteiger partial charge in [-0.3, -0.25) is 9.69 Å². The van der Waals surface area contributed by atoms with Crippen LogP contribution in [0, 0.1) is 11.6 Å². The molecule has 0 spiro atoms. The van der Waals surface area contributed by atoms with Crippen LogP contribution in [0.2, 0.25) is 0 Å². The number of nitrogens with zero attached hydrogens (tertiary/aromatic N) is 2. The molecule has 0 aliphatic carbocycles. The maximum absolute atomic E-state index is 13.0. The monoisotopic (exact) mass is 360 g/mol. The Hall–Kier alpha value is -2.47. The number of benzene rings is 2. The van der Waals surface area contributed by atoms with Crippen LogP contribution in [-0.4, -0.2) is 55.0 Å². The molecule has 0 saturated carbocycles. The van der Waals surface area contributed by atoms with Crippen LogP contribution in [-0.2, 0) is 0 Å². The standard InChI is InChI=1S/C20H22F2N2O2/c21-17-4-2-16(3-5-17)20(25)24-11-1-10-23(12-13-24)14-15-26-19-8-6-18(22)7-9-19/h2-9H,1,10-15H2. The summed E-state index contributed by atoms with van der Waals surface area (Å²) >= 11 is 0. The zero-order chi connectivity index (χ0) is 18.4. The molecule has 1 fully saturated rings. The highest BCUT2D eigenvalue weighted by molar-refractivity contribution is 5.94. The topological polar surface area (TPSA) is 32.8 Å². The molecule has 0 radical (unpaired) electrons. The van der Waals surface area contributed by atoms with E-state index in [9.17, 15) is 13.6 Å². The summed E-state index contributed by atoms with van der Waals surface area (Å²) in [6.07, 6.45) is 0.878. The van der Waals surface area contributed by atoms with Crippen LogP contribution < -0.4 is 4.74 Å². The van der Waals surface area contributed by atoms with E-state index in [-0.39, 0.29) is 17.5 Å². The first kappa shape index (κ1) is 18.3. The molecule has 1 aliphatic heterocycles. The number of ether oxygens (including phenoxy) is 1. The second kappa shape index (κ2) is 8.76. The first-order chi connectivity index (χ1) is 12.6. The lowest BCUT2D eigenvalue weighted by molar-refractivity contribution is 0.0760. The summed E-state index contributed by atoms with van der Waals surface area (Å²) in [6.45, 7) is 4.23. The van der Waals surface area contributed by atoms with Gasteiger partial charge in [0.15, 0.2) is 0 Å². The number of rotatable bonds is 5. The van der Waals surface area contributed by atoms with Crippen molar-refractivity contribution in [1.29, 1.82) is 0 Å². The van der Waals surface area contributed by atoms with Crippen molar-refractivity contribution in [3.8, 4) is 5.75 Å². The molecule has 0 aromatic heterocycles. The largest absolute Gasteiger partial charge is 0.492 e. The summed E-state index contributed by atoms with van der Waals surface area (Å²) in [4.78, 5) is 16.6. The van der Waals surface area contributed by atoms with Gasteiger partial charge in [0.05, 0.1) is 0 Å². The van der Waals surface area contributed by atoms with E-state index in [0.29, 0.717) is 31.0 Å². The lowest BCUT2D eigenvalue weighted by atomic mass is 10.2. The Kier molecular flexibility index (Phi) is 6.17. The Bertz CT molecular complexity index is 720. The minimum Gasteiger partial charge on any atom is -0.492 e. The van der Waals surface area contributed by atoms with Gasteiger partial charge in [0.2, 0.25) is 0 Å². The van der Waals surface area contributed by atoms with Crippen LogP contribution in [0.4, 0.5) is 8.78 Å². The molecule has 0 N–H and O–H groups in total. The third-order valence-electron chi connectivity index (χ3n) is 4.46. The zero-order valence-electron chi connectivity index (χ0n) is 14.5. The first-order valence-electron chi connectivity index (χ1n) is 8.77. The first-order valence-corrected chi connectivity index (χ1v) is 8.77. The molecule has 1 heterocycles. The summed E-state index contributed by atoms with van der Waals surface area (Å²) in [6, 6.07) is 11.6. The predicted molar refractivity (Wildman–Crippen MR) is 95.3 cm³/mol. The summed E-state index contributed by atoms with van der Waals surface area (Å²) < 4.78 is 31.5. The molecule has 0 unspecified atom stereocenters. The smallest absolute Gasteiger partial charge is 0.253 e. The Balaban J connectivity index is 1.46. The molecule has 4 nitrogen and oxygen atoms in total. The number of carbonyl (C=O) groups is 1. The highest BCUT2D eigenvalue weighted by Crippen LogP contribution is 2.12. The molecule has 26 heavy (non-hydrogen) atoms. The van der Waals surface area contributed by atoms with E-state index in [1.165, 1.54) is 36.4 Å². The number of hydrogen-bond acceptors (Lipinski definition) is 3. The van der Waals surface area contributed by atoms with Crippen molar-refractivity contribution in [2.75, 3.05) is 39.3 Å². The fraction of sp³-hybridized carbons (Fsp3) is 0.350. The van der Waals surface area contributed by atoms with E-state index >= 15 is 0 Å². The van der Waals surface area contributed by atoms with Crippen molar-refractivity contribution in [2.24, 2.45) is 0 Å². The second-order valence-electron chi connectivity index (χ2n) is 6.30. The average Bonchev–Trinajstić information content (AvgIpc) is 2.89. The lowest BCUT2D eigenvalue weighted by Crippen LogP contribution is -2.36. The average molecular weight is 360 g/mol. The fourth-order valence-corrected chi connectivity index (χ4v) is 3.00. The van der Waals surface area contributed by atoms with Crippen LogP contribution in [0.15, 0.2) is 48.5 Å². The van der Waals surface area contributed by atoms with Crippen LogP contribution >= 0.6 is 0 Å². The van der Waals surface area contributed by atoms with Crippen LogP contribution in [0.1, 0.15) is 16.8 Å².